The summed E-state index contributed by atoms with van der Waals surface area (Å²) >= 11 is 3.98. The molecular formula is C4H7N5S. The van der Waals surface area contributed by atoms with Crippen LogP contribution in [-0.4, -0.2) is 15.8 Å². The van der Waals surface area contributed by atoms with Crippen molar-refractivity contribution in [3.8, 4) is 0 Å². The molecule has 0 fully saturated rings. The number of nitrogens with two attached hydrogens (primary N) is 2. The SMILES string of the molecule is N/N=C(\N)c1[nH]cnc1S. The number of aromatic nitrogens is 2. The number of hydrogen-bond acceptors (Lipinski definition) is 4. The molecule has 0 radical (unpaired) electrons. The Labute approximate surface area is 62.9 Å². The van der Waals surface area contributed by atoms with Crippen molar-refractivity contribution >= 4 is 18.5 Å². The number of thiol groups is 1. The minimum atomic E-state index is 0.197. The van der Waals surface area contributed by atoms with Crippen molar-refractivity contribution in [2.45, 2.75) is 5.03 Å². The first-order chi connectivity index (χ1) is 4.75. The molecule has 1 rings (SSSR count). The van der Waals surface area contributed by atoms with Crippen molar-refractivity contribution < 1.29 is 0 Å². The van der Waals surface area contributed by atoms with E-state index in [1.54, 1.807) is 0 Å². The summed E-state index contributed by atoms with van der Waals surface area (Å²) < 4.78 is 0. The number of nitrogens with zero attached hydrogens (tertiary/aromatic N) is 2. The second kappa shape index (κ2) is 2.61. The van der Waals surface area contributed by atoms with Gasteiger partial charge in [0.25, 0.3) is 0 Å². The minimum absolute atomic E-state index is 0.197. The molecule has 0 saturated carbocycles. The minimum Gasteiger partial charge on any atom is -0.380 e. The van der Waals surface area contributed by atoms with E-state index in [1.807, 2.05) is 0 Å². The van der Waals surface area contributed by atoms with Crippen molar-refractivity contribution in [2.24, 2.45) is 16.7 Å². The fraction of sp³-hybridized carbons (Fsp3) is 0. The average Bonchev–Trinajstić information content (AvgIpc) is 2.34. The van der Waals surface area contributed by atoms with Gasteiger partial charge in [-0.3, -0.25) is 0 Å². The molecule has 54 valence electrons. The predicted molar refractivity (Wildman–Crippen MR) is 40.8 cm³/mol. The topological polar surface area (TPSA) is 93.1 Å². The molecule has 0 spiro atoms. The van der Waals surface area contributed by atoms with Gasteiger partial charge < -0.3 is 16.6 Å². The quantitative estimate of drug-likeness (QED) is 0.142. The second-order valence-electron chi connectivity index (χ2n) is 1.62. The van der Waals surface area contributed by atoms with Crippen LogP contribution >= 0.6 is 12.6 Å². The zero-order chi connectivity index (χ0) is 7.56. The Kier molecular flexibility index (Phi) is 1.81. The highest BCUT2D eigenvalue weighted by Crippen LogP contribution is 2.05. The number of nitrogens with one attached hydrogen (secondary N) is 1. The van der Waals surface area contributed by atoms with Crippen LogP contribution in [0.15, 0.2) is 16.5 Å². The van der Waals surface area contributed by atoms with Crippen molar-refractivity contribution in [2.75, 3.05) is 0 Å². The molecule has 0 aliphatic heterocycles. The van der Waals surface area contributed by atoms with Gasteiger partial charge in [0.15, 0.2) is 5.84 Å². The molecule has 10 heavy (non-hydrogen) atoms. The van der Waals surface area contributed by atoms with E-state index >= 15 is 0 Å². The maximum absolute atomic E-state index is 5.34. The molecule has 0 aliphatic rings. The first kappa shape index (κ1) is 6.94. The van der Waals surface area contributed by atoms with Crippen LogP contribution in [0.2, 0.25) is 0 Å². The normalized spacial score (nSPS) is 11.9. The summed E-state index contributed by atoms with van der Waals surface area (Å²) in [5.74, 6) is 5.11. The van der Waals surface area contributed by atoms with Crippen molar-refractivity contribution in [3.63, 3.8) is 0 Å². The predicted octanol–water partition coefficient (Wildman–Crippen LogP) is -0.723. The van der Waals surface area contributed by atoms with Gasteiger partial charge in [-0.1, -0.05) is 0 Å². The maximum Gasteiger partial charge on any atom is 0.169 e. The van der Waals surface area contributed by atoms with Crippen LogP contribution in [0, 0.1) is 0 Å². The lowest BCUT2D eigenvalue weighted by molar-refractivity contribution is 1.17. The third-order valence-electron chi connectivity index (χ3n) is 1.01. The Morgan fingerprint density at radius 3 is 2.90 bits per heavy atom. The van der Waals surface area contributed by atoms with Gasteiger partial charge >= 0.3 is 0 Å². The molecule has 0 amide bonds. The van der Waals surface area contributed by atoms with Gasteiger partial charge in [0.2, 0.25) is 0 Å². The van der Waals surface area contributed by atoms with E-state index in [0.29, 0.717) is 10.7 Å². The Bertz CT molecular complexity index is 252. The highest BCUT2D eigenvalue weighted by molar-refractivity contribution is 7.80. The van der Waals surface area contributed by atoms with Gasteiger partial charge in [-0.05, 0) is 0 Å². The molecule has 0 atom stereocenters. The number of hydrazone groups is 1. The van der Waals surface area contributed by atoms with Crippen LogP contribution in [0.25, 0.3) is 0 Å². The maximum atomic E-state index is 5.34. The van der Waals surface area contributed by atoms with Crippen LogP contribution < -0.4 is 11.6 Å². The van der Waals surface area contributed by atoms with Crippen LogP contribution in [0.3, 0.4) is 0 Å². The van der Waals surface area contributed by atoms with Crippen LogP contribution in [0.4, 0.5) is 0 Å². The van der Waals surface area contributed by atoms with Crippen LogP contribution in [0.5, 0.6) is 0 Å². The summed E-state index contributed by atoms with van der Waals surface area (Å²) in [5, 5.41) is 3.76. The lowest BCUT2D eigenvalue weighted by atomic mass is 10.4. The standard InChI is InChI=1S/C4H7N5S/c5-3(9-6)2-4(10)8-1-7-2/h1,10H,6H2,(H2,5,9)(H,7,8). The Hall–Kier alpha value is -1.17. The number of H-pyrrole nitrogens is 1. The largest absolute Gasteiger partial charge is 0.380 e. The van der Waals surface area contributed by atoms with Gasteiger partial charge in [0.05, 0.1) is 6.33 Å². The molecule has 1 aromatic heterocycles. The van der Waals surface area contributed by atoms with Crippen LogP contribution in [0.1, 0.15) is 5.69 Å². The van der Waals surface area contributed by atoms with E-state index in [2.05, 4.69) is 27.7 Å². The highest BCUT2D eigenvalue weighted by atomic mass is 32.1. The zero-order valence-corrected chi connectivity index (χ0v) is 5.97. The summed E-state index contributed by atoms with van der Waals surface area (Å²) in [6.45, 7) is 0. The molecule has 0 bridgehead atoms. The summed E-state index contributed by atoms with van der Waals surface area (Å²) in [4.78, 5) is 6.51. The average molecular weight is 157 g/mol. The summed E-state index contributed by atoms with van der Waals surface area (Å²) in [6, 6.07) is 0. The smallest absolute Gasteiger partial charge is 0.169 e. The van der Waals surface area contributed by atoms with Crippen LogP contribution in [-0.2, 0) is 0 Å². The highest BCUT2D eigenvalue weighted by Gasteiger charge is 2.03. The van der Waals surface area contributed by atoms with Crippen molar-refractivity contribution in [1.29, 1.82) is 0 Å². The van der Waals surface area contributed by atoms with Gasteiger partial charge in [0.1, 0.15) is 10.7 Å². The van der Waals surface area contributed by atoms with E-state index in [-0.39, 0.29) is 5.84 Å². The van der Waals surface area contributed by atoms with Crippen molar-refractivity contribution in [1.82, 2.24) is 9.97 Å². The van der Waals surface area contributed by atoms with Gasteiger partial charge in [-0.2, -0.15) is 5.10 Å². The van der Waals surface area contributed by atoms with E-state index in [0.717, 1.165) is 0 Å². The molecule has 5 nitrogen and oxygen atoms in total. The van der Waals surface area contributed by atoms with E-state index in [4.69, 9.17) is 11.6 Å². The fourth-order valence-electron chi connectivity index (χ4n) is 0.540. The molecule has 5 N–H and O–H groups in total. The zero-order valence-electron chi connectivity index (χ0n) is 5.07. The second-order valence-corrected chi connectivity index (χ2v) is 2.04. The first-order valence-corrected chi connectivity index (χ1v) is 2.96. The molecular weight excluding hydrogens is 150 g/mol. The molecule has 0 saturated heterocycles. The molecule has 0 aromatic carbocycles. The third kappa shape index (κ3) is 1.06. The molecule has 0 aliphatic carbocycles. The number of imidazole rings is 1. The first-order valence-electron chi connectivity index (χ1n) is 2.51. The van der Waals surface area contributed by atoms with Gasteiger partial charge in [-0.25, -0.2) is 4.98 Å². The lowest BCUT2D eigenvalue weighted by Crippen LogP contribution is -2.16. The number of hydrogen-bond donors (Lipinski definition) is 4. The number of aromatic amines is 1. The van der Waals surface area contributed by atoms with E-state index < -0.39 is 0 Å². The lowest BCUT2D eigenvalue weighted by Gasteiger charge is -1.92. The van der Waals surface area contributed by atoms with E-state index in [9.17, 15) is 0 Å². The van der Waals surface area contributed by atoms with Gasteiger partial charge in [-0.15, -0.1) is 12.6 Å². The summed E-state index contributed by atoms with van der Waals surface area (Å²) in [7, 11) is 0. The number of rotatable bonds is 1. The van der Waals surface area contributed by atoms with Gasteiger partial charge in [0, 0.05) is 0 Å². The summed E-state index contributed by atoms with van der Waals surface area (Å²) in [5.41, 5.74) is 5.89. The molecule has 6 heteroatoms. The van der Waals surface area contributed by atoms with E-state index in [1.165, 1.54) is 6.33 Å². The Balaban J connectivity index is 3.05. The molecule has 1 aromatic rings. The number of amidine groups is 1. The fourth-order valence-corrected chi connectivity index (χ4v) is 0.777. The third-order valence-corrected chi connectivity index (χ3v) is 1.35. The monoisotopic (exact) mass is 157 g/mol. The summed E-state index contributed by atoms with van der Waals surface area (Å²) in [6.07, 6.45) is 1.47. The molecule has 0 unspecified atom stereocenters. The molecule has 1 heterocycles. The Morgan fingerprint density at radius 2 is 2.50 bits per heavy atom. The van der Waals surface area contributed by atoms with Crippen molar-refractivity contribution in [3.05, 3.63) is 12.0 Å². The Morgan fingerprint density at radius 1 is 1.80 bits per heavy atom.